The van der Waals surface area contributed by atoms with E-state index in [0.29, 0.717) is 0 Å². The van der Waals surface area contributed by atoms with Gasteiger partial charge in [-0.3, -0.25) is 9.59 Å². The van der Waals surface area contributed by atoms with Gasteiger partial charge in [0.05, 0.1) is 0 Å². The standard InChI is InChI=1S/C9H12O5/c1-5(10)4-9(3,8(13)14)6(2)7(11)12/h2,4H2,1,3H3,(H,11,12)(H,13,14). The maximum absolute atomic E-state index is 10.8. The molecule has 0 fully saturated rings. The minimum Gasteiger partial charge on any atom is -0.481 e. The van der Waals surface area contributed by atoms with Crippen molar-refractivity contribution in [2.45, 2.75) is 20.3 Å². The smallest absolute Gasteiger partial charge is 0.332 e. The highest BCUT2D eigenvalue weighted by Crippen LogP contribution is 2.30. The summed E-state index contributed by atoms with van der Waals surface area (Å²) >= 11 is 0. The molecule has 0 saturated carbocycles. The lowest BCUT2D eigenvalue weighted by molar-refractivity contribution is -0.150. The molecule has 5 nitrogen and oxygen atoms in total. The van der Waals surface area contributed by atoms with Crippen molar-refractivity contribution in [1.82, 2.24) is 0 Å². The lowest BCUT2D eigenvalue weighted by atomic mass is 9.78. The van der Waals surface area contributed by atoms with Crippen LogP contribution in [0.25, 0.3) is 0 Å². The summed E-state index contributed by atoms with van der Waals surface area (Å²) in [6.45, 7) is 5.55. The van der Waals surface area contributed by atoms with Crippen LogP contribution in [0.2, 0.25) is 0 Å². The van der Waals surface area contributed by atoms with Crippen LogP contribution < -0.4 is 0 Å². The largest absolute Gasteiger partial charge is 0.481 e. The zero-order valence-corrected chi connectivity index (χ0v) is 8.03. The van der Waals surface area contributed by atoms with E-state index in [1.165, 1.54) is 13.8 Å². The van der Waals surface area contributed by atoms with E-state index >= 15 is 0 Å². The summed E-state index contributed by atoms with van der Waals surface area (Å²) in [7, 11) is 0. The molecule has 0 aromatic carbocycles. The SMILES string of the molecule is C=C(C(=O)O)C(C)(CC(C)=O)C(=O)O. The number of ketones is 1. The van der Waals surface area contributed by atoms with Gasteiger partial charge in [0, 0.05) is 12.0 Å². The first-order chi connectivity index (χ1) is 6.21. The van der Waals surface area contributed by atoms with Crippen molar-refractivity contribution in [3.8, 4) is 0 Å². The molecule has 0 aliphatic rings. The molecule has 0 aliphatic carbocycles. The zero-order chi connectivity index (χ0) is 11.5. The van der Waals surface area contributed by atoms with Crippen LogP contribution in [0.4, 0.5) is 0 Å². The van der Waals surface area contributed by atoms with Gasteiger partial charge in [0.2, 0.25) is 0 Å². The Bertz CT molecular complexity index is 304. The van der Waals surface area contributed by atoms with Gasteiger partial charge in [-0.15, -0.1) is 0 Å². The van der Waals surface area contributed by atoms with Crippen LogP contribution in [0.15, 0.2) is 12.2 Å². The molecular formula is C9H12O5. The molecule has 78 valence electrons. The number of Topliss-reactive ketones (excluding diaryl/α,β-unsaturated/α-hetero) is 1. The van der Waals surface area contributed by atoms with E-state index in [0.717, 1.165) is 0 Å². The molecule has 1 unspecified atom stereocenters. The normalized spacial score (nSPS) is 14.1. The van der Waals surface area contributed by atoms with E-state index in [1.807, 2.05) is 0 Å². The van der Waals surface area contributed by atoms with Crippen molar-refractivity contribution < 1.29 is 24.6 Å². The molecule has 0 saturated heterocycles. The van der Waals surface area contributed by atoms with Gasteiger partial charge in [0.25, 0.3) is 0 Å². The molecule has 0 amide bonds. The number of rotatable bonds is 5. The topological polar surface area (TPSA) is 91.7 Å². The van der Waals surface area contributed by atoms with Crippen molar-refractivity contribution in [2.75, 3.05) is 0 Å². The van der Waals surface area contributed by atoms with Crippen LogP contribution in [0.5, 0.6) is 0 Å². The Morgan fingerprint density at radius 1 is 1.29 bits per heavy atom. The minimum absolute atomic E-state index is 0.368. The van der Waals surface area contributed by atoms with Gasteiger partial charge in [0.15, 0.2) is 0 Å². The highest BCUT2D eigenvalue weighted by Gasteiger charge is 2.40. The van der Waals surface area contributed by atoms with Crippen LogP contribution >= 0.6 is 0 Å². The van der Waals surface area contributed by atoms with Crippen LogP contribution in [-0.4, -0.2) is 27.9 Å². The molecule has 0 aliphatic heterocycles. The Morgan fingerprint density at radius 3 is 1.93 bits per heavy atom. The molecule has 0 aromatic heterocycles. The monoisotopic (exact) mass is 200 g/mol. The van der Waals surface area contributed by atoms with Crippen molar-refractivity contribution >= 4 is 17.7 Å². The van der Waals surface area contributed by atoms with Gasteiger partial charge in [-0.2, -0.15) is 0 Å². The fourth-order valence-electron chi connectivity index (χ4n) is 1.05. The third-order valence-electron chi connectivity index (χ3n) is 2.00. The summed E-state index contributed by atoms with van der Waals surface area (Å²) in [6, 6.07) is 0. The van der Waals surface area contributed by atoms with Crippen molar-refractivity contribution in [2.24, 2.45) is 5.41 Å². The number of hydrogen-bond acceptors (Lipinski definition) is 3. The maximum atomic E-state index is 10.8. The third-order valence-corrected chi connectivity index (χ3v) is 2.00. The van der Waals surface area contributed by atoms with Gasteiger partial charge in [0.1, 0.15) is 11.2 Å². The maximum Gasteiger partial charge on any atom is 0.332 e. The Labute approximate surface area is 81.0 Å². The summed E-state index contributed by atoms with van der Waals surface area (Å²) in [5.41, 5.74) is -2.21. The van der Waals surface area contributed by atoms with Crippen molar-refractivity contribution in [1.29, 1.82) is 0 Å². The number of carboxylic acid groups (broad SMARTS) is 2. The summed E-state index contributed by atoms with van der Waals surface area (Å²) in [4.78, 5) is 32.2. The van der Waals surface area contributed by atoms with Crippen LogP contribution in [-0.2, 0) is 14.4 Å². The second-order valence-corrected chi connectivity index (χ2v) is 3.30. The van der Waals surface area contributed by atoms with E-state index in [2.05, 4.69) is 6.58 Å². The van der Waals surface area contributed by atoms with E-state index < -0.39 is 28.7 Å². The summed E-state index contributed by atoms with van der Waals surface area (Å²) in [5.74, 6) is -3.16. The molecule has 5 heteroatoms. The van der Waals surface area contributed by atoms with Crippen molar-refractivity contribution in [3.63, 3.8) is 0 Å². The van der Waals surface area contributed by atoms with Gasteiger partial charge >= 0.3 is 11.9 Å². The fourth-order valence-corrected chi connectivity index (χ4v) is 1.05. The summed E-state index contributed by atoms with van der Waals surface area (Å²) < 4.78 is 0. The van der Waals surface area contributed by atoms with Gasteiger partial charge in [-0.05, 0) is 13.8 Å². The van der Waals surface area contributed by atoms with Crippen LogP contribution in [0.3, 0.4) is 0 Å². The zero-order valence-electron chi connectivity index (χ0n) is 8.03. The molecule has 2 N–H and O–H groups in total. The molecule has 0 bridgehead atoms. The van der Waals surface area contributed by atoms with E-state index in [1.54, 1.807) is 0 Å². The molecule has 0 spiro atoms. The molecule has 1 atom stereocenters. The molecule has 0 aromatic rings. The average Bonchev–Trinajstić information content (AvgIpc) is 2.00. The number of carbonyl (C=O) groups excluding carboxylic acids is 1. The molecule has 14 heavy (non-hydrogen) atoms. The van der Waals surface area contributed by atoms with Crippen LogP contribution in [0, 0.1) is 5.41 Å². The first kappa shape index (κ1) is 12.3. The van der Waals surface area contributed by atoms with E-state index in [-0.39, 0.29) is 6.42 Å². The van der Waals surface area contributed by atoms with Crippen LogP contribution in [0.1, 0.15) is 20.3 Å². The highest BCUT2D eigenvalue weighted by molar-refractivity contribution is 5.98. The predicted molar refractivity (Wildman–Crippen MR) is 47.8 cm³/mol. The van der Waals surface area contributed by atoms with Gasteiger partial charge in [-0.1, -0.05) is 6.58 Å². The second kappa shape index (κ2) is 4.04. The first-order valence-electron chi connectivity index (χ1n) is 3.87. The Kier molecular flexibility index (Phi) is 3.56. The summed E-state index contributed by atoms with van der Waals surface area (Å²) in [6.07, 6.45) is -0.368. The second-order valence-electron chi connectivity index (χ2n) is 3.30. The lowest BCUT2D eigenvalue weighted by Crippen LogP contribution is -2.34. The molecule has 0 rings (SSSR count). The van der Waals surface area contributed by atoms with Crippen molar-refractivity contribution in [3.05, 3.63) is 12.2 Å². The summed E-state index contributed by atoms with van der Waals surface area (Å²) in [5, 5.41) is 17.4. The lowest BCUT2D eigenvalue weighted by Gasteiger charge is -2.23. The highest BCUT2D eigenvalue weighted by atomic mass is 16.4. The number of carboxylic acids is 2. The minimum atomic E-state index is -1.72. The van der Waals surface area contributed by atoms with E-state index in [4.69, 9.17) is 10.2 Å². The Balaban J connectivity index is 5.10. The Hall–Kier alpha value is -1.65. The molecular weight excluding hydrogens is 188 g/mol. The Morgan fingerprint density at radius 2 is 1.71 bits per heavy atom. The molecule has 0 radical (unpaired) electrons. The predicted octanol–water partition coefficient (Wildman–Crippen LogP) is 0.697. The van der Waals surface area contributed by atoms with Gasteiger partial charge < -0.3 is 10.2 Å². The number of aliphatic carboxylic acids is 2. The van der Waals surface area contributed by atoms with Gasteiger partial charge in [-0.25, -0.2) is 4.79 Å². The van der Waals surface area contributed by atoms with E-state index in [9.17, 15) is 14.4 Å². The number of carbonyl (C=O) groups is 3. The fraction of sp³-hybridized carbons (Fsp3) is 0.444. The average molecular weight is 200 g/mol. The third kappa shape index (κ3) is 2.42. The number of hydrogen-bond donors (Lipinski definition) is 2. The molecule has 0 heterocycles. The quantitative estimate of drug-likeness (QED) is 0.637. The first-order valence-corrected chi connectivity index (χ1v) is 3.87.